The van der Waals surface area contributed by atoms with Gasteiger partial charge in [-0.2, -0.15) is 18.4 Å². The summed E-state index contributed by atoms with van der Waals surface area (Å²) < 4.78 is 61.8. The second-order valence-electron chi connectivity index (χ2n) is 11.8. The molecule has 2 heterocycles. The Bertz CT molecular complexity index is 1320. The van der Waals surface area contributed by atoms with E-state index in [1.165, 1.54) is 24.3 Å². The number of likely N-dealkylation sites (tertiary alicyclic amines) is 1. The smallest absolute Gasteiger partial charge is 0.430 e. The van der Waals surface area contributed by atoms with Crippen LogP contribution in [0.25, 0.3) is 0 Å². The zero-order chi connectivity index (χ0) is 32.6. The summed E-state index contributed by atoms with van der Waals surface area (Å²) in [6, 6.07) is 13.7. The predicted molar refractivity (Wildman–Crippen MR) is 162 cm³/mol. The zero-order valence-corrected chi connectivity index (χ0v) is 26.9. The average molecular weight is 634 g/mol. The molecule has 1 fully saturated rings. The van der Waals surface area contributed by atoms with Crippen LogP contribution in [0.5, 0.6) is 0 Å². The number of ether oxygens (including phenoxy) is 3. The van der Waals surface area contributed by atoms with Crippen LogP contribution in [0.1, 0.15) is 43.4 Å². The predicted octanol–water partition coefficient (Wildman–Crippen LogP) is 6.17. The van der Waals surface area contributed by atoms with Gasteiger partial charge in [0, 0.05) is 49.7 Å². The second kappa shape index (κ2) is 14.6. The summed E-state index contributed by atoms with van der Waals surface area (Å²) >= 11 is 0. The van der Waals surface area contributed by atoms with Crippen LogP contribution in [0, 0.1) is 16.7 Å². The lowest BCUT2D eigenvalue weighted by Crippen LogP contribution is -2.59. The number of hydrogen-bond donors (Lipinski definition) is 0. The number of nitriles is 1. The number of aromatic nitrogens is 1. The van der Waals surface area contributed by atoms with E-state index in [4.69, 9.17) is 14.2 Å². The number of benzene rings is 1. The minimum Gasteiger partial charge on any atom is -0.466 e. The van der Waals surface area contributed by atoms with Gasteiger partial charge in [-0.3, -0.25) is 9.59 Å². The molecule has 1 saturated heterocycles. The summed E-state index contributed by atoms with van der Waals surface area (Å²) in [5, 5.41) is 10.5. The summed E-state index contributed by atoms with van der Waals surface area (Å²) in [5.74, 6) is -2.56. The monoisotopic (exact) mass is 633 g/mol. The van der Waals surface area contributed by atoms with E-state index in [-0.39, 0.29) is 51.3 Å². The number of carbonyl (C=O) groups is 2. The topological polar surface area (TPSA) is 93.8 Å². The highest BCUT2D eigenvalue weighted by Crippen LogP contribution is 2.49. The highest BCUT2D eigenvalue weighted by atomic mass is 28.3. The quantitative estimate of drug-likeness (QED) is 0.140. The molecular weight excluding hydrogens is 591 g/mol. The highest BCUT2D eigenvalue weighted by molar-refractivity contribution is 6.82. The Morgan fingerprint density at radius 3 is 2.36 bits per heavy atom. The maximum absolute atomic E-state index is 14.6. The molecule has 0 saturated carbocycles. The summed E-state index contributed by atoms with van der Waals surface area (Å²) in [6.45, 7) is 10.6. The average Bonchev–Trinajstić information content (AvgIpc) is 3.44. The van der Waals surface area contributed by atoms with E-state index in [9.17, 15) is 28.0 Å². The van der Waals surface area contributed by atoms with Crippen molar-refractivity contribution < 1.29 is 37.0 Å². The SMILES string of the molecule is C=C[Si](C)(C)CCOCn1cccc1C(C#N)C1(CC(=O)OCC)CCN(C(=O)[C@](OC)(c2ccccc2)C(F)(F)F)CC1. The van der Waals surface area contributed by atoms with E-state index < -0.39 is 43.1 Å². The maximum atomic E-state index is 14.6. The largest absolute Gasteiger partial charge is 0.466 e. The fraction of sp³-hybridized carbons (Fsp3) is 0.531. The summed E-state index contributed by atoms with van der Waals surface area (Å²) in [4.78, 5) is 27.7. The van der Waals surface area contributed by atoms with Gasteiger partial charge < -0.3 is 23.7 Å². The van der Waals surface area contributed by atoms with Crippen molar-refractivity contribution in [2.24, 2.45) is 5.41 Å². The van der Waals surface area contributed by atoms with Gasteiger partial charge in [-0.05, 0) is 37.9 Å². The van der Waals surface area contributed by atoms with Crippen LogP contribution in [0.4, 0.5) is 13.2 Å². The van der Waals surface area contributed by atoms with Crippen molar-refractivity contribution in [1.29, 1.82) is 5.26 Å². The number of nitrogens with zero attached hydrogens (tertiary/aromatic N) is 3. The Balaban J connectivity index is 1.90. The number of hydrogen-bond acceptors (Lipinski definition) is 6. The number of halogens is 3. The van der Waals surface area contributed by atoms with E-state index in [1.807, 2.05) is 10.3 Å². The van der Waals surface area contributed by atoms with Crippen molar-refractivity contribution in [3.05, 3.63) is 72.2 Å². The Labute approximate surface area is 258 Å². The number of piperidine rings is 1. The molecule has 44 heavy (non-hydrogen) atoms. The Kier molecular flexibility index (Phi) is 11.6. The van der Waals surface area contributed by atoms with Gasteiger partial charge in [0.1, 0.15) is 6.73 Å². The van der Waals surface area contributed by atoms with Gasteiger partial charge in [-0.15, -0.1) is 12.3 Å². The van der Waals surface area contributed by atoms with Crippen LogP contribution < -0.4 is 0 Å². The molecular formula is C32H42F3N3O5Si. The highest BCUT2D eigenvalue weighted by Gasteiger charge is 2.64. The van der Waals surface area contributed by atoms with Gasteiger partial charge in [0.2, 0.25) is 0 Å². The maximum Gasteiger partial charge on any atom is 0.430 e. The van der Waals surface area contributed by atoms with Crippen molar-refractivity contribution in [3.8, 4) is 6.07 Å². The van der Waals surface area contributed by atoms with Crippen LogP contribution >= 0.6 is 0 Å². The molecule has 1 amide bonds. The van der Waals surface area contributed by atoms with E-state index in [0.29, 0.717) is 12.3 Å². The molecule has 1 aromatic carbocycles. The molecule has 2 atom stereocenters. The van der Waals surface area contributed by atoms with Crippen LogP contribution in [0.15, 0.2) is 60.9 Å². The van der Waals surface area contributed by atoms with E-state index >= 15 is 0 Å². The molecule has 2 aromatic rings. The second-order valence-corrected chi connectivity index (χ2v) is 16.7. The van der Waals surface area contributed by atoms with Gasteiger partial charge in [0.25, 0.3) is 11.5 Å². The molecule has 0 N–H and O–H groups in total. The number of rotatable bonds is 14. The zero-order valence-electron chi connectivity index (χ0n) is 25.9. The first-order chi connectivity index (χ1) is 20.8. The first-order valence-electron chi connectivity index (χ1n) is 14.7. The Morgan fingerprint density at radius 1 is 1.16 bits per heavy atom. The van der Waals surface area contributed by atoms with Crippen LogP contribution in [-0.4, -0.2) is 69.0 Å². The lowest BCUT2D eigenvalue weighted by Gasteiger charge is -2.46. The fourth-order valence-corrected chi connectivity index (χ4v) is 6.65. The van der Waals surface area contributed by atoms with Crippen LogP contribution in [-0.2, 0) is 36.1 Å². The molecule has 12 heteroatoms. The molecule has 0 bridgehead atoms. The van der Waals surface area contributed by atoms with E-state index in [1.54, 1.807) is 31.3 Å². The van der Waals surface area contributed by atoms with Gasteiger partial charge in [0.05, 0.1) is 33.1 Å². The molecule has 3 rings (SSSR count). The van der Waals surface area contributed by atoms with Crippen molar-refractivity contribution in [1.82, 2.24) is 9.47 Å². The van der Waals surface area contributed by atoms with Gasteiger partial charge in [0.15, 0.2) is 0 Å². The van der Waals surface area contributed by atoms with Gasteiger partial charge in [-0.25, -0.2) is 0 Å². The van der Waals surface area contributed by atoms with Crippen molar-refractivity contribution in [2.45, 2.75) is 69.8 Å². The minimum absolute atomic E-state index is 0.105. The molecule has 0 spiro atoms. The minimum atomic E-state index is -5.04. The van der Waals surface area contributed by atoms with Gasteiger partial charge >= 0.3 is 12.1 Å². The molecule has 0 radical (unpaired) electrons. The normalized spacial score (nSPS) is 17.3. The van der Waals surface area contributed by atoms with Crippen molar-refractivity contribution >= 4 is 20.0 Å². The third-order valence-electron chi connectivity index (χ3n) is 8.61. The number of amides is 1. The van der Waals surface area contributed by atoms with Crippen molar-refractivity contribution in [2.75, 3.05) is 33.4 Å². The molecule has 8 nitrogen and oxygen atoms in total. The van der Waals surface area contributed by atoms with Crippen LogP contribution in [0.3, 0.4) is 0 Å². The number of methoxy groups -OCH3 is 1. The lowest BCUT2D eigenvalue weighted by molar-refractivity contribution is -0.271. The first-order valence-corrected chi connectivity index (χ1v) is 18.0. The Hall–Kier alpha value is -3.40. The lowest BCUT2D eigenvalue weighted by atomic mass is 9.65. The van der Waals surface area contributed by atoms with Gasteiger partial charge in [-0.1, -0.05) is 43.4 Å². The summed E-state index contributed by atoms with van der Waals surface area (Å²) in [5.41, 5.74) is -1.88. The molecule has 1 aliphatic heterocycles. The molecule has 1 aromatic heterocycles. The number of alkyl halides is 3. The van der Waals surface area contributed by atoms with E-state index in [2.05, 4.69) is 25.7 Å². The molecule has 1 aliphatic rings. The number of esters is 1. The third-order valence-corrected chi connectivity index (χ3v) is 11.2. The summed E-state index contributed by atoms with van der Waals surface area (Å²) in [6.07, 6.45) is -3.16. The first kappa shape index (κ1) is 35.1. The molecule has 240 valence electrons. The summed E-state index contributed by atoms with van der Waals surface area (Å²) in [7, 11) is -0.687. The number of carbonyl (C=O) groups excluding carboxylic acids is 2. The fourth-order valence-electron chi connectivity index (χ4n) is 5.77. The van der Waals surface area contributed by atoms with E-state index in [0.717, 1.165) is 18.1 Å². The Morgan fingerprint density at radius 2 is 1.82 bits per heavy atom. The molecule has 0 aliphatic carbocycles. The third kappa shape index (κ3) is 7.45. The van der Waals surface area contributed by atoms with Crippen molar-refractivity contribution in [3.63, 3.8) is 0 Å². The van der Waals surface area contributed by atoms with Crippen LogP contribution in [0.2, 0.25) is 19.1 Å². The molecule has 1 unspecified atom stereocenters. The standard InChI is InChI=1S/C32H42F3N3O5Si/c1-6-43-28(39)22-30(26(23-36)27-14-11-17-38(27)24-42-20-21-44(4,5)7-2)15-18-37(19-16-30)29(40)31(41-3,32(33,34)35)25-12-9-8-10-13-25/h7-14,17,26H,2,6,15-16,18-22,24H2,1,3-5H3/t26?,31-/m1/s1.